The first kappa shape index (κ1) is 17.8. The molecule has 1 aromatic carbocycles. The molecule has 2 N–H and O–H groups in total. The van der Waals surface area contributed by atoms with Gasteiger partial charge in [0.05, 0.1) is 10.9 Å². The number of amides is 2. The van der Waals surface area contributed by atoms with Crippen molar-refractivity contribution in [2.45, 2.75) is 56.5 Å². The Morgan fingerprint density at radius 1 is 1.17 bits per heavy atom. The Hall–Kier alpha value is -1.56. The first-order chi connectivity index (χ1) is 10.8. The van der Waals surface area contributed by atoms with E-state index in [4.69, 9.17) is 0 Å². The van der Waals surface area contributed by atoms with E-state index in [1.54, 1.807) is 24.3 Å². The zero-order valence-electron chi connectivity index (χ0n) is 14.0. The van der Waals surface area contributed by atoms with Crippen LogP contribution in [-0.4, -0.2) is 26.7 Å². The Balaban J connectivity index is 1.93. The molecule has 0 aromatic heterocycles. The van der Waals surface area contributed by atoms with Crippen LogP contribution in [-0.2, 0) is 9.84 Å². The van der Waals surface area contributed by atoms with E-state index in [1.165, 1.54) is 12.7 Å². The summed E-state index contributed by atoms with van der Waals surface area (Å²) in [6, 6.07) is 6.53. The lowest BCUT2D eigenvalue weighted by Crippen LogP contribution is -2.46. The molecule has 6 heteroatoms. The molecule has 23 heavy (non-hydrogen) atoms. The van der Waals surface area contributed by atoms with E-state index in [1.807, 2.05) is 6.92 Å². The predicted molar refractivity (Wildman–Crippen MR) is 91.1 cm³/mol. The van der Waals surface area contributed by atoms with E-state index in [0.717, 1.165) is 24.8 Å². The number of carbonyl (C=O) groups excluding carboxylic acids is 1. The van der Waals surface area contributed by atoms with Crippen LogP contribution in [0.4, 0.5) is 4.79 Å². The lowest BCUT2D eigenvalue weighted by Gasteiger charge is -2.30. The van der Waals surface area contributed by atoms with Gasteiger partial charge in [0.25, 0.3) is 0 Å². The van der Waals surface area contributed by atoms with Gasteiger partial charge in [0.2, 0.25) is 0 Å². The third-order valence-corrected chi connectivity index (χ3v) is 5.71. The standard InChI is InChI=1S/C17H26N2O3S/c1-12-6-4-5-7-16(12)19-17(20)18-13(2)14-8-10-15(11-9-14)23(3,21)22/h8-13,16H,4-7H2,1-3H3,(H2,18,19,20). The minimum atomic E-state index is -3.19. The van der Waals surface area contributed by atoms with Crippen LogP contribution in [0, 0.1) is 5.92 Å². The fourth-order valence-corrected chi connectivity index (χ4v) is 3.65. The van der Waals surface area contributed by atoms with Crippen LogP contribution in [0.5, 0.6) is 0 Å². The summed E-state index contributed by atoms with van der Waals surface area (Å²) in [5.41, 5.74) is 0.879. The number of hydrogen-bond acceptors (Lipinski definition) is 3. The van der Waals surface area contributed by atoms with Crippen LogP contribution in [0.1, 0.15) is 51.1 Å². The van der Waals surface area contributed by atoms with Gasteiger partial charge in [-0.15, -0.1) is 0 Å². The summed E-state index contributed by atoms with van der Waals surface area (Å²) in [6.07, 6.45) is 5.78. The minimum Gasteiger partial charge on any atom is -0.335 e. The van der Waals surface area contributed by atoms with Gasteiger partial charge in [-0.25, -0.2) is 13.2 Å². The van der Waals surface area contributed by atoms with Crippen molar-refractivity contribution in [3.05, 3.63) is 29.8 Å². The van der Waals surface area contributed by atoms with E-state index in [9.17, 15) is 13.2 Å². The third kappa shape index (κ3) is 4.96. The molecule has 1 aliphatic rings. The van der Waals surface area contributed by atoms with Crippen LogP contribution in [0.2, 0.25) is 0 Å². The van der Waals surface area contributed by atoms with E-state index in [2.05, 4.69) is 17.6 Å². The van der Waals surface area contributed by atoms with E-state index in [0.29, 0.717) is 5.92 Å². The average Bonchev–Trinajstić information content (AvgIpc) is 2.49. The Morgan fingerprint density at radius 3 is 2.35 bits per heavy atom. The van der Waals surface area contributed by atoms with E-state index in [-0.39, 0.29) is 23.0 Å². The van der Waals surface area contributed by atoms with Gasteiger partial charge in [-0.2, -0.15) is 0 Å². The summed E-state index contributed by atoms with van der Waals surface area (Å²) in [4.78, 5) is 12.4. The van der Waals surface area contributed by atoms with Crippen molar-refractivity contribution in [2.75, 3.05) is 6.26 Å². The lowest BCUT2D eigenvalue weighted by atomic mass is 9.86. The van der Waals surface area contributed by atoms with Gasteiger partial charge >= 0.3 is 6.03 Å². The molecule has 1 saturated carbocycles. The largest absolute Gasteiger partial charge is 0.335 e. The topological polar surface area (TPSA) is 75.3 Å². The molecule has 3 unspecified atom stereocenters. The fourth-order valence-electron chi connectivity index (χ4n) is 3.02. The maximum atomic E-state index is 12.1. The Labute approximate surface area is 138 Å². The molecule has 2 amide bonds. The Morgan fingerprint density at radius 2 is 1.78 bits per heavy atom. The summed E-state index contributed by atoms with van der Waals surface area (Å²) < 4.78 is 22.9. The highest BCUT2D eigenvalue weighted by Gasteiger charge is 2.23. The molecular weight excluding hydrogens is 312 g/mol. The number of urea groups is 1. The minimum absolute atomic E-state index is 0.163. The Kier molecular flexibility index (Phi) is 5.68. The number of nitrogens with one attached hydrogen (secondary N) is 2. The molecule has 5 nitrogen and oxygen atoms in total. The number of carbonyl (C=O) groups is 1. The Bertz CT molecular complexity index is 640. The van der Waals surface area contributed by atoms with Crippen LogP contribution in [0.15, 0.2) is 29.2 Å². The molecule has 128 valence electrons. The van der Waals surface area contributed by atoms with Crippen LogP contribution < -0.4 is 10.6 Å². The van der Waals surface area contributed by atoms with Crippen molar-refractivity contribution >= 4 is 15.9 Å². The number of hydrogen-bond donors (Lipinski definition) is 2. The van der Waals surface area contributed by atoms with Gasteiger partial charge in [0, 0.05) is 12.3 Å². The molecule has 0 aliphatic heterocycles. The van der Waals surface area contributed by atoms with Crippen molar-refractivity contribution in [3.8, 4) is 0 Å². The third-order valence-electron chi connectivity index (χ3n) is 4.58. The maximum Gasteiger partial charge on any atom is 0.315 e. The lowest BCUT2D eigenvalue weighted by molar-refractivity contribution is 0.219. The van der Waals surface area contributed by atoms with Crippen LogP contribution in [0.25, 0.3) is 0 Å². The van der Waals surface area contributed by atoms with Gasteiger partial charge in [-0.1, -0.05) is 31.9 Å². The van der Waals surface area contributed by atoms with Gasteiger partial charge in [-0.05, 0) is 43.4 Å². The second-order valence-corrected chi connectivity index (χ2v) is 8.56. The second kappa shape index (κ2) is 7.34. The number of benzene rings is 1. The smallest absolute Gasteiger partial charge is 0.315 e. The molecule has 1 aromatic rings. The highest BCUT2D eigenvalue weighted by atomic mass is 32.2. The molecule has 0 bridgehead atoms. The van der Waals surface area contributed by atoms with E-state index < -0.39 is 9.84 Å². The van der Waals surface area contributed by atoms with Gasteiger partial charge in [-0.3, -0.25) is 0 Å². The van der Waals surface area contributed by atoms with Crippen LogP contribution >= 0.6 is 0 Å². The molecule has 1 aliphatic carbocycles. The quantitative estimate of drug-likeness (QED) is 0.886. The second-order valence-electron chi connectivity index (χ2n) is 6.55. The summed E-state index contributed by atoms with van der Waals surface area (Å²) >= 11 is 0. The summed E-state index contributed by atoms with van der Waals surface area (Å²) in [5.74, 6) is 0.513. The summed E-state index contributed by atoms with van der Waals surface area (Å²) in [5, 5.41) is 5.98. The highest BCUT2D eigenvalue weighted by Crippen LogP contribution is 2.23. The van der Waals surface area contributed by atoms with Crippen molar-refractivity contribution < 1.29 is 13.2 Å². The SMILES string of the molecule is CC(NC(=O)NC1CCCCC1C)c1ccc(S(C)(=O)=O)cc1. The molecule has 0 radical (unpaired) electrons. The highest BCUT2D eigenvalue weighted by molar-refractivity contribution is 7.90. The number of sulfone groups is 1. The normalized spacial score (nSPS) is 23.1. The monoisotopic (exact) mass is 338 g/mol. The number of rotatable bonds is 4. The van der Waals surface area contributed by atoms with Crippen molar-refractivity contribution in [1.82, 2.24) is 10.6 Å². The molecule has 3 atom stereocenters. The van der Waals surface area contributed by atoms with Crippen molar-refractivity contribution in [3.63, 3.8) is 0 Å². The molecule has 2 rings (SSSR count). The van der Waals surface area contributed by atoms with E-state index >= 15 is 0 Å². The fraction of sp³-hybridized carbons (Fsp3) is 0.588. The summed E-state index contributed by atoms with van der Waals surface area (Å²) in [6.45, 7) is 4.07. The zero-order chi connectivity index (χ0) is 17.0. The molecule has 0 spiro atoms. The van der Waals surface area contributed by atoms with Crippen molar-refractivity contribution in [1.29, 1.82) is 0 Å². The zero-order valence-corrected chi connectivity index (χ0v) is 14.8. The maximum absolute atomic E-state index is 12.1. The first-order valence-electron chi connectivity index (χ1n) is 8.14. The van der Waals surface area contributed by atoms with Gasteiger partial charge in [0.1, 0.15) is 0 Å². The molecule has 0 saturated heterocycles. The van der Waals surface area contributed by atoms with Gasteiger partial charge in [0.15, 0.2) is 9.84 Å². The molecule has 0 heterocycles. The van der Waals surface area contributed by atoms with Crippen molar-refractivity contribution in [2.24, 2.45) is 5.92 Å². The first-order valence-corrected chi connectivity index (χ1v) is 10.0. The summed E-state index contributed by atoms with van der Waals surface area (Å²) in [7, 11) is -3.19. The predicted octanol–water partition coefficient (Wildman–Crippen LogP) is 3.03. The molecule has 1 fully saturated rings. The van der Waals surface area contributed by atoms with Gasteiger partial charge < -0.3 is 10.6 Å². The van der Waals surface area contributed by atoms with Crippen LogP contribution in [0.3, 0.4) is 0 Å². The average molecular weight is 338 g/mol. The molecular formula is C17H26N2O3S.